The van der Waals surface area contributed by atoms with E-state index >= 15 is 0 Å². The van der Waals surface area contributed by atoms with Gasteiger partial charge in [0.1, 0.15) is 5.82 Å². The summed E-state index contributed by atoms with van der Waals surface area (Å²) in [6.45, 7) is 2.82. The SMILES string of the molecule is N=c1sc2cc(Cl)ccc2n1CC1CCN(CC(=O)c2cccc(F)c2)CC1. The molecule has 0 bridgehead atoms. The molecule has 0 aliphatic carbocycles. The lowest BCUT2D eigenvalue weighted by atomic mass is 9.96. The Balaban J connectivity index is 1.37. The molecule has 2 heterocycles. The van der Waals surface area contributed by atoms with E-state index < -0.39 is 0 Å². The molecule has 4 nitrogen and oxygen atoms in total. The molecule has 0 atom stereocenters. The van der Waals surface area contributed by atoms with Crippen molar-refractivity contribution >= 4 is 38.9 Å². The molecule has 1 fully saturated rings. The van der Waals surface area contributed by atoms with Crippen molar-refractivity contribution < 1.29 is 9.18 Å². The summed E-state index contributed by atoms with van der Waals surface area (Å²) in [6.07, 6.45) is 1.96. The maximum Gasteiger partial charge on any atom is 0.182 e. The summed E-state index contributed by atoms with van der Waals surface area (Å²) >= 11 is 7.51. The number of halogens is 2. The van der Waals surface area contributed by atoms with Crippen molar-refractivity contribution in [1.29, 1.82) is 5.41 Å². The Hall–Kier alpha value is -2.02. The van der Waals surface area contributed by atoms with Crippen LogP contribution >= 0.6 is 22.9 Å². The van der Waals surface area contributed by atoms with E-state index in [4.69, 9.17) is 17.0 Å². The molecule has 0 radical (unpaired) electrons. The predicted molar refractivity (Wildman–Crippen MR) is 111 cm³/mol. The van der Waals surface area contributed by atoms with Crippen molar-refractivity contribution in [2.24, 2.45) is 5.92 Å². The largest absolute Gasteiger partial charge is 0.317 e. The van der Waals surface area contributed by atoms with E-state index in [9.17, 15) is 9.18 Å². The van der Waals surface area contributed by atoms with Gasteiger partial charge in [-0.15, -0.1) is 0 Å². The van der Waals surface area contributed by atoms with Gasteiger partial charge in [-0.3, -0.25) is 15.1 Å². The van der Waals surface area contributed by atoms with Crippen LogP contribution in [0.1, 0.15) is 23.2 Å². The molecule has 1 aliphatic rings. The Kier molecular flexibility index (Phi) is 5.62. The van der Waals surface area contributed by atoms with Gasteiger partial charge in [0.25, 0.3) is 0 Å². The molecule has 0 saturated carbocycles. The number of piperidine rings is 1. The summed E-state index contributed by atoms with van der Waals surface area (Å²) in [7, 11) is 0. The first-order valence-corrected chi connectivity index (χ1v) is 10.5. The van der Waals surface area contributed by atoms with Crippen LogP contribution in [0.5, 0.6) is 0 Å². The van der Waals surface area contributed by atoms with Crippen LogP contribution in [0.3, 0.4) is 0 Å². The maximum absolute atomic E-state index is 13.3. The van der Waals surface area contributed by atoms with E-state index in [1.165, 1.54) is 23.5 Å². The second-order valence-corrected chi connectivity index (χ2v) is 8.75. The Morgan fingerprint density at radius 3 is 2.75 bits per heavy atom. The number of benzene rings is 2. The fourth-order valence-electron chi connectivity index (χ4n) is 3.78. The van der Waals surface area contributed by atoms with Crippen LogP contribution in [-0.4, -0.2) is 34.9 Å². The lowest BCUT2D eigenvalue weighted by Gasteiger charge is -2.31. The van der Waals surface area contributed by atoms with Crippen molar-refractivity contribution in [2.75, 3.05) is 19.6 Å². The van der Waals surface area contributed by atoms with Crippen LogP contribution in [0.15, 0.2) is 42.5 Å². The third-order valence-electron chi connectivity index (χ3n) is 5.33. The minimum Gasteiger partial charge on any atom is -0.317 e. The maximum atomic E-state index is 13.3. The monoisotopic (exact) mass is 417 g/mol. The summed E-state index contributed by atoms with van der Waals surface area (Å²) in [4.78, 5) is 15.1. The fourth-order valence-corrected chi connectivity index (χ4v) is 4.98. The second kappa shape index (κ2) is 8.15. The van der Waals surface area contributed by atoms with Crippen LogP contribution in [0.25, 0.3) is 10.2 Å². The molecule has 146 valence electrons. The molecule has 3 aromatic rings. The highest BCUT2D eigenvalue weighted by molar-refractivity contribution is 7.16. The van der Waals surface area contributed by atoms with Crippen LogP contribution in [0, 0.1) is 17.1 Å². The number of Topliss-reactive ketones (excluding diaryl/α,β-unsaturated/α-hetero) is 1. The van der Waals surface area contributed by atoms with Gasteiger partial charge in [0.05, 0.1) is 16.8 Å². The molecule has 0 amide bonds. The topological polar surface area (TPSA) is 49.1 Å². The van der Waals surface area contributed by atoms with Gasteiger partial charge in [-0.1, -0.05) is 35.1 Å². The minimum absolute atomic E-state index is 0.0403. The molecule has 4 rings (SSSR count). The number of aromatic nitrogens is 1. The number of hydrogen-bond donors (Lipinski definition) is 1. The van der Waals surface area contributed by atoms with Crippen LogP contribution in [0.2, 0.25) is 5.02 Å². The van der Waals surface area contributed by atoms with E-state index in [1.54, 1.807) is 12.1 Å². The lowest BCUT2D eigenvalue weighted by molar-refractivity contribution is 0.0890. The predicted octanol–water partition coefficient (Wildman–Crippen LogP) is 4.57. The number of ketones is 1. The first-order valence-electron chi connectivity index (χ1n) is 9.34. The third-order valence-corrected chi connectivity index (χ3v) is 6.52. The van der Waals surface area contributed by atoms with E-state index in [1.807, 2.05) is 18.2 Å². The first kappa shape index (κ1) is 19.3. The summed E-state index contributed by atoms with van der Waals surface area (Å²) in [5.74, 6) is 0.0571. The summed E-state index contributed by atoms with van der Waals surface area (Å²) in [5, 5.41) is 8.98. The van der Waals surface area contributed by atoms with Gasteiger partial charge in [-0.2, -0.15) is 0 Å². The molecule has 2 aromatic carbocycles. The molecular weight excluding hydrogens is 397 g/mol. The van der Waals surface area contributed by atoms with Crippen molar-refractivity contribution in [3.05, 3.63) is 63.7 Å². The normalized spacial score (nSPS) is 15.9. The number of fused-ring (bicyclic) bond motifs is 1. The number of rotatable bonds is 5. The highest BCUT2D eigenvalue weighted by Gasteiger charge is 2.22. The van der Waals surface area contributed by atoms with Crippen LogP contribution < -0.4 is 4.80 Å². The number of hydrogen-bond acceptors (Lipinski definition) is 4. The second-order valence-electron chi connectivity index (χ2n) is 7.28. The summed E-state index contributed by atoms with van der Waals surface area (Å²) in [5.41, 5.74) is 1.49. The van der Waals surface area contributed by atoms with Gasteiger partial charge in [0, 0.05) is 17.1 Å². The van der Waals surface area contributed by atoms with Gasteiger partial charge in [0.2, 0.25) is 0 Å². The average Bonchev–Trinajstić information content (AvgIpc) is 2.97. The number of nitrogens with one attached hydrogen (secondary N) is 1. The standard InChI is InChI=1S/C21H21ClFN3OS/c22-16-4-5-18-20(11-16)28-21(24)26(18)12-14-6-8-25(9-7-14)13-19(27)15-2-1-3-17(23)10-15/h1-5,10-11,14,24H,6-9,12-13H2. The third kappa shape index (κ3) is 4.19. The molecule has 28 heavy (non-hydrogen) atoms. The molecule has 0 spiro atoms. The zero-order valence-electron chi connectivity index (χ0n) is 15.3. The molecule has 1 aliphatic heterocycles. The van der Waals surface area contributed by atoms with Crippen molar-refractivity contribution in [3.8, 4) is 0 Å². The highest BCUT2D eigenvalue weighted by Crippen LogP contribution is 2.25. The van der Waals surface area contributed by atoms with Crippen LogP contribution in [0.4, 0.5) is 4.39 Å². The fraction of sp³-hybridized carbons (Fsp3) is 0.333. The number of nitrogens with zero attached hydrogens (tertiary/aromatic N) is 2. The van der Waals surface area contributed by atoms with Crippen molar-refractivity contribution in [1.82, 2.24) is 9.47 Å². The van der Waals surface area contributed by atoms with Gasteiger partial charge in [0.15, 0.2) is 10.6 Å². The number of carbonyl (C=O) groups is 1. The van der Waals surface area contributed by atoms with Gasteiger partial charge >= 0.3 is 0 Å². The Morgan fingerprint density at radius 2 is 2.00 bits per heavy atom. The quantitative estimate of drug-likeness (QED) is 0.618. The first-order chi connectivity index (χ1) is 13.5. The van der Waals surface area contributed by atoms with Crippen molar-refractivity contribution in [2.45, 2.75) is 19.4 Å². The van der Waals surface area contributed by atoms with Gasteiger partial charge in [-0.25, -0.2) is 4.39 Å². The zero-order valence-corrected chi connectivity index (χ0v) is 16.9. The van der Waals surface area contributed by atoms with E-state index in [0.717, 1.165) is 42.7 Å². The summed E-state index contributed by atoms with van der Waals surface area (Å²) in [6, 6.07) is 11.7. The lowest BCUT2D eigenvalue weighted by Crippen LogP contribution is -2.38. The Morgan fingerprint density at radius 1 is 1.21 bits per heavy atom. The molecule has 1 N–H and O–H groups in total. The molecular formula is C21H21ClFN3OS. The van der Waals surface area contributed by atoms with E-state index in [-0.39, 0.29) is 11.6 Å². The van der Waals surface area contributed by atoms with E-state index in [2.05, 4.69) is 9.47 Å². The number of likely N-dealkylation sites (tertiary alicyclic amines) is 1. The molecule has 1 saturated heterocycles. The van der Waals surface area contributed by atoms with Crippen LogP contribution in [-0.2, 0) is 6.54 Å². The van der Waals surface area contributed by atoms with E-state index in [0.29, 0.717) is 27.9 Å². The van der Waals surface area contributed by atoms with Gasteiger partial charge in [-0.05, 0) is 62.2 Å². The summed E-state index contributed by atoms with van der Waals surface area (Å²) < 4.78 is 16.4. The molecule has 1 aromatic heterocycles. The zero-order chi connectivity index (χ0) is 19.7. The minimum atomic E-state index is -0.378. The number of thiazole rings is 1. The molecule has 0 unspecified atom stereocenters. The Bertz CT molecular complexity index is 1070. The Labute approximate surface area is 171 Å². The van der Waals surface area contributed by atoms with Gasteiger partial charge < -0.3 is 4.57 Å². The molecule has 7 heteroatoms. The smallest absolute Gasteiger partial charge is 0.182 e. The highest BCUT2D eigenvalue weighted by atomic mass is 35.5. The van der Waals surface area contributed by atoms with Crippen molar-refractivity contribution in [3.63, 3.8) is 0 Å². The number of carbonyl (C=O) groups excluding carboxylic acids is 1. The average molecular weight is 418 g/mol.